The highest BCUT2D eigenvalue weighted by atomic mass is 35.7. The average molecular weight is 373 g/mol. The van der Waals surface area contributed by atoms with E-state index in [0.29, 0.717) is 0 Å². The molecule has 0 fully saturated rings. The summed E-state index contributed by atoms with van der Waals surface area (Å²) in [6.07, 6.45) is 1.91. The van der Waals surface area contributed by atoms with Crippen molar-refractivity contribution in [1.82, 2.24) is 5.10 Å². The van der Waals surface area contributed by atoms with Crippen LogP contribution in [0, 0.1) is 10.2 Å². The summed E-state index contributed by atoms with van der Waals surface area (Å²) in [4.78, 5) is 0. The lowest BCUT2D eigenvalue weighted by Crippen LogP contribution is -2.68. The number of rotatable bonds is 2. The van der Waals surface area contributed by atoms with Crippen LogP contribution in [-0.2, 0) is 0 Å². The van der Waals surface area contributed by atoms with Gasteiger partial charge in [0.15, 0.2) is 0 Å². The predicted octanol–water partition coefficient (Wildman–Crippen LogP) is -1.01. The minimum Gasteiger partial charge on any atom is -0.396 e. The standard InChI is InChI=1S/C18H13N2O.ClHO4/c1-3-7-14(8-4-1)16-11-12-18-20(19-16)13-17(21-18)15-9-5-2-6-10-15;2-1(3,4)5/h1-13H;(H,2,3,4,5)/q+1;/p-1. The fourth-order valence-electron chi connectivity index (χ4n) is 2.35. The van der Waals surface area contributed by atoms with Crippen LogP contribution in [-0.4, -0.2) is 5.10 Å². The maximum atomic E-state index is 8.49. The van der Waals surface area contributed by atoms with E-state index in [1.54, 1.807) is 4.52 Å². The van der Waals surface area contributed by atoms with Crippen molar-refractivity contribution in [2.75, 3.05) is 0 Å². The van der Waals surface area contributed by atoms with Crippen LogP contribution in [0.4, 0.5) is 0 Å². The van der Waals surface area contributed by atoms with Crippen LogP contribution in [0.25, 0.3) is 28.3 Å². The van der Waals surface area contributed by atoms with Gasteiger partial charge in [-0.3, -0.25) is 0 Å². The number of hydrogen-bond acceptors (Lipinski definition) is 6. The zero-order valence-electron chi connectivity index (χ0n) is 13.3. The van der Waals surface area contributed by atoms with Crippen molar-refractivity contribution < 1.29 is 37.8 Å². The Kier molecular flexibility index (Phi) is 5.27. The summed E-state index contributed by atoms with van der Waals surface area (Å²) in [6.45, 7) is 0. The zero-order valence-corrected chi connectivity index (χ0v) is 14.1. The number of fused-ring (bicyclic) bond motifs is 1. The molecule has 0 N–H and O–H groups in total. The van der Waals surface area contributed by atoms with Crippen LogP contribution in [0.5, 0.6) is 0 Å². The van der Waals surface area contributed by atoms with Gasteiger partial charge in [0.1, 0.15) is 5.69 Å². The largest absolute Gasteiger partial charge is 0.404 e. The molecule has 2 aromatic carbocycles. The molecule has 0 spiro atoms. The van der Waals surface area contributed by atoms with Gasteiger partial charge in [0.2, 0.25) is 12.0 Å². The van der Waals surface area contributed by atoms with Gasteiger partial charge in [0.05, 0.1) is 6.07 Å². The van der Waals surface area contributed by atoms with Gasteiger partial charge < -0.3 is 4.42 Å². The fourth-order valence-corrected chi connectivity index (χ4v) is 2.35. The van der Waals surface area contributed by atoms with Crippen molar-refractivity contribution in [3.05, 3.63) is 79.0 Å². The lowest BCUT2D eigenvalue weighted by Gasteiger charge is -2.17. The second-order valence-corrected chi connectivity index (χ2v) is 5.96. The predicted molar refractivity (Wildman–Crippen MR) is 80.5 cm³/mol. The number of aromatic nitrogens is 2. The van der Waals surface area contributed by atoms with Gasteiger partial charge >= 0.3 is 5.71 Å². The molecule has 0 amide bonds. The molecular formula is C18H13ClN2O5. The first kappa shape index (κ1) is 18.0. The summed E-state index contributed by atoms with van der Waals surface area (Å²) >= 11 is 0. The molecule has 0 saturated heterocycles. The lowest BCUT2D eigenvalue weighted by molar-refractivity contribution is -2.00. The van der Waals surface area contributed by atoms with E-state index in [1.807, 2.05) is 79.0 Å². The first-order valence-electron chi connectivity index (χ1n) is 7.45. The first-order chi connectivity index (χ1) is 12.4. The smallest absolute Gasteiger partial charge is 0.396 e. The van der Waals surface area contributed by atoms with Gasteiger partial charge in [-0.2, -0.15) is 0 Å². The van der Waals surface area contributed by atoms with Gasteiger partial charge in [0.25, 0.3) is 0 Å². The van der Waals surface area contributed by atoms with Crippen LogP contribution in [0.1, 0.15) is 0 Å². The topological polar surface area (TPSA) is 122 Å². The number of oxazole rings is 1. The lowest BCUT2D eigenvalue weighted by atomic mass is 10.1. The molecule has 7 nitrogen and oxygen atoms in total. The van der Waals surface area contributed by atoms with E-state index in [4.69, 9.17) is 23.1 Å². The Hall–Kier alpha value is -2.81. The summed E-state index contributed by atoms with van der Waals surface area (Å²) in [7, 11) is -4.94. The maximum Gasteiger partial charge on any atom is 0.404 e. The number of nitrogens with zero attached hydrogens (tertiary/aromatic N) is 2. The van der Waals surface area contributed by atoms with Crippen molar-refractivity contribution in [3.63, 3.8) is 0 Å². The van der Waals surface area contributed by atoms with Gasteiger partial charge in [0, 0.05) is 16.2 Å². The van der Waals surface area contributed by atoms with Crippen molar-refractivity contribution >= 4 is 5.71 Å². The van der Waals surface area contributed by atoms with Gasteiger partial charge in [-0.15, -0.1) is 10.2 Å². The Morgan fingerprint density at radius 2 is 1.27 bits per heavy atom. The molecule has 0 aliphatic heterocycles. The Bertz CT molecular complexity index is 941. The minimum atomic E-state index is -4.94. The van der Waals surface area contributed by atoms with E-state index in [2.05, 4.69) is 5.10 Å². The number of benzene rings is 2. The Morgan fingerprint density at radius 1 is 0.731 bits per heavy atom. The molecule has 0 atom stereocenters. The molecule has 0 aliphatic rings. The average Bonchev–Trinajstić information content (AvgIpc) is 3.05. The van der Waals surface area contributed by atoms with Gasteiger partial charge in [-0.1, -0.05) is 60.7 Å². The number of halogens is 1. The molecule has 4 rings (SSSR count). The highest BCUT2D eigenvalue weighted by Crippen LogP contribution is 2.20. The highest BCUT2D eigenvalue weighted by molar-refractivity contribution is 5.60. The van der Waals surface area contributed by atoms with Crippen molar-refractivity contribution in [2.45, 2.75) is 0 Å². The van der Waals surface area contributed by atoms with E-state index < -0.39 is 10.2 Å². The van der Waals surface area contributed by atoms with Crippen molar-refractivity contribution in [3.8, 4) is 22.6 Å². The third kappa shape index (κ3) is 4.85. The van der Waals surface area contributed by atoms with E-state index in [0.717, 1.165) is 28.3 Å². The first-order valence-corrected chi connectivity index (χ1v) is 8.69. The molecule has 0 bridgehead atoms. The molecule has 8 heteroatoms. The molecule has 4 aromatic rings. The van der Waals surface area contributed by atoms with Crippen LogP contribution in [0.2, 0.25) is 0 Å². The van der Waals surface area contributed by atoms with Crippen molar-refractivity contribution in [1.29, 1.82) is 0 Å². The Morgan fingerprint density at radius 3 is 1.85 bits per heavy atom. The quantitative estimate of drug-likeness (QED) is 0.415. The van der Waals surface area contributed by atoms with Crippen LogP contribution in [0.15, 0.2) is 83.4 Å². The zero-order chi connectivity index (χ0) is 18.6. The highest BCUT2D eigenvalue weighted by Gasteiger charge is 2.16. The summed E-state index contributed by atoms with van der Waals surface area (Å²) < 4.78 is 41.6. The van der Waals surface area contributed by atoms with Crippen LogP contribution >= 0.6 is 0 Å². The third-order valence-corrected chi connectivity index (χ3v) is 3.41. The summed E-state index contributed by atoms with van der Waals surface area (Å²) in [5, 5.41) is 4.61. The van der Waals surface area contributed by atoms with Gasteiger partial charge in [-0.25, -0.2) is 18.6 Å². The second-order valence-electron chi connectivity index (χ2n) is 5.21. The second kappa shape index (κ2) is 7.61. The van der Waals surface area contributed by atoms with Crippen LogP contribution in [0.3, 0.4) is 0 Å². The minimum absolute atomic E-state index is 0.730. The molecule has 2 heterocycles. The molecular weight excluding hydrogens is 360 g/mol. The molecule has 0 aliphatic carbocycles. The van der Waals surface area contributed by atoms with E-state index in [9.17, 15) is 0 Å². The Labute approximate surface area is 150 Å². The van der Waals surface area contributed by atoms with Gasteiger partial charge in [-0.05, 0) is 10.6 Å². The van der Waals surface area contributed by atoms with Crippen molar-refractivity contribution in [2.24, 2.45) is 0 Å². The monoisotopic (exact) mass is 372 g/mol. The van der Waals surface area contributed by atoms with E-state index in [-0.39, 0.29) is 0 Å². The fraction of sp³-hybridized carbons (Fsp3) is 0. The molecule has 2 aromatic heterocycles. The molecule has 26 heavy (non-hydrogen) atoms. The maximum absolute atomic E-state index is 8.49. The molecule has 132 valence electrons. The SMILES string of the molecule is [O-][Cl+3]([O-])([O-])[O-].c1ccc(-c2ccc3oc(-c4ccccc4)c[n+]3n2)cc1. The third-order valence-electron chi connectivity index (χ3n) is 3.41. The summed E-state index contributed by atoms with van der Waals surface area (Å²) in [6, 6.07) is 24.1. The molecule has 0 unspecified atom stereocenters. The van der Waals surface area contributed by atoms with Crippen LogP contribution < -0.4 is 23.2 Å². The number of hydrogen-bond donors (Lipinski definition) is 0. The normalized spacial score (nSPS) is 11.1. The van der Waals surface area contributed by atoms with E-state index in [1.165, 1.54) is 0 Å². The Balaban J connectivity index is 0.000000349. The summed E-state index contributed by atoms with van der Waals surface area (Å²) in [5.41, 5.74) is 3.79. The van der Waals surface area contributed by atoms with E-state index >= 15 is 0 Å². The molecule has 0 saturated carbocycles. The summed E-state index contributed by atoms with van der Waals surface area (Å²) in [5.74, 6) is 0.813. The molecule has 0 radical (unpaired) electrons.